The summed E-state index contributed by atoms with van der Waals surface area (Å²) >= 11 is 0. The van der Waals surface area contributed by atoms with Gasteiger partial charge in [0.25, 0.3) is 0 Å². The lowest BCUT2D eigenvalue weighted by Crippen LogP contribution is -2.27. The summed E-state index contributed by atoms with van der Waals surface area (Å²) in [7, 11) is 1.88. The number of fused-ring (bicyclic) bond motifs is 1. The summed E-state index contributed by atoms with van der Waals surface area (Å²) in [6, 6.07) is 8.07. The predicted octanol–water partition coefficient (Wildman–Crippen LogP) is 2.91. The number of rotatable bonds is 4. The van der Waals surface area contributed by atoms with Crippen LogP contribution in [0.5, 0.6) is 0 Å². The lowest BCUT2D eigenvalue weighted by atomic mass is 10.1. The fourth-order valence-corrected chi connectivity index (χ4v) is 3.21. The molecule has 0 radical (unpaired) electrons. The molecule has 0 saturated heterocycles. The van der Waals surface area contributed by atoms with E-state index < -0.39 is 5.60 Å². The van der Waals surface area contributed by atoms with Crippen LogP contribution in [0, 0.1) is 6.92 Å². The zero-order valence-electron chi connectivity index (χ0n) is 15.4. The maximum Gasteiger partial charge on any atom is 0.183 e. The lowest BCUT2D eigenvalue weighted by molar-refractivity contribution is 0.0582. The van der Waals surface area contributed by atoms with E-state index in [4.69, 9.17) is 10.1 Å². The number of aliphatic hydroxyl groups is 1. The number of aromatic amines is 1. The molecule has 134 valence electrons. The molecule has 0 fully saturated rings. The molecule has 4 aromatic rings. The second-order valence-electron chi connectivity index (χ2n) is 7.28. The highest BCUT2D eigenvalue weighted by Crippen LogP contribution is 2.30. The Labute approximate surface area is 151 Å². The van der Waals surface area contributed by atoms with E-state index in [1.807, 2.05) is 50.6 Å². The van der Waals surface area contributed by atoms with Crippen LogP contribution in [0.15, 0.2) is 36.7 Å². The van der Waals surface area contributed by atoms with E-state index in [2.05, 4.69) is 10.1 Å². The van der Waals surface area contributed by atoms with Crippen LogP contribution in [0.2, 0.25) is 0 Å². The van der Waals surface area contributed by atoms with Gasteiger partial charge in [0, 0.05) is 35.9 Å². The van der Waals surface area contributed by atoms with E-state index in [0.717, 1.165) is 27.7 Å². The number of nitrogens with one attached hydrogen (secondary N) is 1. The first kappa shape index (κ1) is 16.5. The normalized spacial score (nSPS) is 12.2. The Morgan fingerprint density at radius 1 is 1.15 bits per heavy atom. The van der Waals surface area contributed by atoms with Crippen molar-refractivity contribution in [1.82, 2.24) is 29.5 Å². The Kier molecular flexibility index (Phi) is 3.69. The summed E-state index contributed by atoms with van der Waals surface area (Å²) in [5, 5.41) is 20.5. The number of hydrogen-bond donors (Lipinski definition) is 2. The molecular formula is C19H22N6O. The zero-order chi connectivity index (χ0) is 18.5. The molecule has 0 unspecified atom stereocenters. The maximum absolute atomic E-state index is 10.3. The van der Waals surface area contributed by atoms with Gasteiger partial charge >= 0.3 is 0 Å². The lowest BCUT2D eigenvalue weighted by Gasteiger charge is -2.17. The largest absolute Gasteiger partial charge is 0.389 e. The third-order valence-electron chi connectivity index (χ3n) is 4.29. The van der Waals surface area contributed by atoms with Crippen molar-refractivity contribution in [2.75, 3.05) is 0 Å². The van der Waals surface area contributed by atoms with Crippen molar-refractivity contribution in [3.8, 4) is 22.8 Å². The van der Waals surface area contributed by atoms with Gasteiger partial charge in [-0.15, -0.1) is 0 Å². The van der Waals surface area contributed by atoms with Crippen LogP contribution in [-0.4, -0.2) is 40.2 Å². The minimum atomic E-state index is -0.907. The Bertz CT molecular complexity index is 1080. The van der Waals surface area contributed by atoms with Gasteiger partial charge in [-0.05, 0) is 26.8 Å². The summed E-state index contributed by atoms with van der Waals surface area (Å²) < 4.78 is 3.53. The standard InChI is InChI=1S/C19H22N6O/c1-12-15(10-24(4)22-12)18-21-17(23-25(18)11-19(2,3)26)14-9-20-16-8-6-5-7-13(14)16/h5-10,20,26H,11H2,1-4H3. The first-order valence-electron chi connectivity index (χ1n) is 8.56. The molecule has 3 heterocycles. The number of hydrogen-bond acceptors (Lipinski definition) is 4. The van der Waals surface area contributed by atoms with Crippen LogP contribution in [0.3, 0.4) is 0 Å². The predicted molar refractivity (Wildman–Crippen MR) is 101 cm³/mol. The van der Waals surface area contributed by atoms with E-state index >= 15 is 0 Å². The van der Waals surface area contributed by atoms with Crippen molar-refractivity contribution < 1.29 is 5.11 Å². The molecule has 7 heteroatoms. The fraction of sp³-hybridized carbons (Fsp3) is 0.316. The third kappa shape index (κ3) is 2.90. The van der Waals surface area contributed by atoms with E-state index in [-0.39, 0.29) is 0 Å². The van der Waals surface area contributed by atoms with Crippen molar-refractivity contribution in [3.63, 3.8) is 0 Å². The number of para-hydroxylation sites is 1. The van der Waals surface area contributed by atoms with Crippen LogP contribution >= 0.6 is 0 Å². The molecule has 0 spiro atoms. The van der Waals surface area contributed by atoms with Gasteiger partial charge < -0.3 is 10.1 Å². The van der Waals surface area contributed by atoms with Crippen LogP contribution in [0.1, 0.15) is 19.5 Å². The quantitative estimate of drug-likeness (QED) is 0.593. The second-order valence-corrected chi connectivity index (χ2v) is 7.28. The minimum Gasteiger partial charge on any atom is -0.389 e. The molecule has 0 amide bonds. The van der Waals surface area contributed by atoms with Gasteiger partial charge in [-0.1, -0.05) is 18.2 Å². The topological polar surface area (TPSA) is 84.5 Å². The van der Waals surface area contributed by atoms with Crippen molar-refractivity contribution in [2.24, 2.45) is 7.05 Å². The van der Waals surface area contributed by atoms with E-state index in [1.54, 1.807) is 23.2 Å². The summed E-state index contributed by atoms with van der Waals surface area (Å²) in [4.78, 5) is 8.06. The molecular weight excluding hydrogens is 328 g/mol. The smallest absolute Gasteiger partial charge is 0.183 e. The van der Waals surface area contributed by atoms with Crippen LogP contribution in [0.4, 0.5) is 0 Å². The van der Waals surface area contributed by atoms with Crippen molar-refractivity contribution >= 4 is 10.9 Å². The van der Waals surface area contributed by atoms with Crippen molar-refractivity contribution in [3.05, 3.63) is 42.4 Å². The third-order valence-corrected chi connectivity index (χ3v) is 4.29. The molecule has 0 aliphatic rings. The molecule has 0 aliphatic carbocycles. The Balaban J connectivity index is 1.89. The first-order valence-corrected chi connectivity index (χ1v) is 8.56. The van der Waals surface area contributed by atoms with E-state index in [0.29, 0.717) is 18.2 Å². The van der Waals surface area contributed by atoms with Crippen LogP contribution in [-0.2, 0) is 13.6 Å². The van der Waals surface area contributed by atoms with Crippen LogP contribution < -0.4 is 0 Å². The van der Waals surface area contributed by atoms with Gasteiger partial charge in [0.05, 0.1) is 23.4 Å². The van der Waals surface area contributed by atoms with Gasteiger partial charge in [-0.25, -0.2) is 9.67 Å². The molecule has 4 rings (SSSR count). The molecule has 0 bridgehead atoms. The average molecular weight is 350 g/mol. The molecule has 1 aromatic carbocycles. The number of H-pyrrole nitrogens is 1. The van der Waals surface area contributed by atoms with Gasteiger partial charge in [-0.2, -0.15) is 10.2 Å². The van der Waals surface area contributed by atoms with Crippen LogP contribution in [0.25, 0.3) is 33.7 Å². The summed E-state index contributed by atoms with van der Waals surface area (Å²) in [6.45, 7) is 5.82. The second kappa shape index (κ2) is 5.81. The number of aryl methyl sites for hydroxylation is 2. The van der Waals surface area contributed by atoms with Gasteiger partial charge in [0.1, 0.15) is 0 Å². The highest BCUT2D eigenvalue weighted by atomic mass is 16.3. The first-order chi connectivity index (χ1) is 12.3. The summed E-state index contributed by atoms with van der Waals surface area (Å²) in [6.07, 6.45) is 3.85. The molecule has 7 nitrogen and oxygen atoms in total. The number of benzene rings is 1. The molecule has 3 aromatic heterocycles. The number of nitrogens with zero attached hydrogens (tertiary/aromatic N) is 5. The molecule has 2 N–H and O–H groups in total. The summed E-state index contributed by atoms with van der Waals surface area (Å²) in [5.41, 5.74) is 2.87. The van der Waals surface area contributed by atoms with Crippen molar-refractivity contribution in [2.45, 2.75) is 32.9 Å². The Hall–Kier alpha value is -2.93. The SMILES string of the molecule is Cc1nn(C)cc1-c1nc(-c2c[nH]c3ccccc23)nn1CC(C)(C)O. The Morgan fingerprint density at radius 3 is 2.62 bits per heavy atom. The molecule has 26 heavy (non-hydrogen) atoms. The highest BCUT2D eigenvalue weighted by Gasteiger charge is 2.23. The minimum absolute atomic E-state index is 0.339. The monoisotopic (exact) mass is 350 g/mol. The zero-order valence-corrected chi connectivity index (χ0v) is 15.4. The fourth-order valence-electron chi connectivity index (χ4n) is 3.21. The van der Waals surface area contributed by atoms with Gasteiger partial charge in [0.15, 0.2) is 11.6 Å². The molecule has 0 aliphatic heterocycles. The Morgan fingerprint density at radius 2 is 1.92 bits per heavy atom. The molecule has 0 atom stereocenters. The van der Waals surface area contributed by atoms with Gasteiger partial charge in [0.2, 0.25) is 0 Å². The average Bonchev–Trinajstić information content (AvgIpc) is 3.22. The van der Waals surface area contributed by atoms with Gasteiger partial charge in [-0.3, -0.25) is 4.68 Å². The van der Waals surface area contributed by atoms with Crippen molar-refractivity contribution in [1.29, 1.82) is 0 Å². The summed E-state index contributed by atoms with van der Waals surface area (Å²) in [5.74, 6) is 1.34. The van der Waals surface area contributed by atoms with E-state index in [9.17, 15) is 5.11 Å². The molecule has 0 saturated carbocycles. The van der Waals surface area contributed by atoms with E-state index in [1.165, 1.54) is 0 Å². The maximum atomic E-state index is 10.3. The number of aromatic nitrogens is 6. The highest BCUT2D eigenvalue weighted by molar-refractivity contribution is 5.93.